The first-order valence-electron chi connectivity index (χ1n) is 6.98. The standard InChI is InChI=1S/C17H16BrNO5/c1-22-13-6-7-14(15(9-13)23-2)19-16(20)10-24-17(21)11-4-3-5-12(18)8-11/h3-9H,10H2,1-2H3,(H,19,20). The number of halogens is 1. The van der Waals surface area contributed by atoms with Gasteiger partial charge in [-0.1, -0.05) is 22.0 Å². The Balaban J connectivity index is 1.95. The zero-order valence-corrected chi connectivity index (χ0v) is 14.8. The Morgan fingerprint density at radius 1 is 1.08 bits per heavy atom. The fourth-order valence-electron chi connectivity index (χ4n) is 1.92. The number of hydrogen-bond acceptors (Lipinski definition) is 5. The second-order valence-electron chi connectivity index (χ2n) is 4.70. The van der Waals surface area contributed by atoms with Gasteiger partial charge in [0.1, 0.15) is 11.5 Å². The lowest BCUT2D eigenvalue weighted by molar-refractivity contribution is -0.119. The molecule has 126 valence electrons. The van der Waals surface area contributed by atoms with Crippen LogP contribution >= 0.6 is 15.9 Å². The van der Waals surface area contributed by atoms with Crippen LogP contribution < -0.4 is 14.8 Å². The van der Waals surface area contributed by atoms with Gasteiger partial charge in [-0.25, -0.2) is 4.79 Å². The van der Waals surface area contributed by atoms with E-state index in [-0.39, 0.29) is 0 Å². The molecule has 0 aliphatic carbocycles. The molecule has 0 aliphatic rings. The number of nitrogens with one attached hydrogen (secondary N) is 1. The molecule has 0 spiro atoms. The fourth-order valence-corrected chi connectivity index (χ4v) is 2.32. The summed E-state index contributed by atoms with van der Waals surface area (Å²) in [6, 6.07) is 11.7. The van der Waals surface area contributed by atoms with Crippen molar-refractivity contribution in [3.63, 3.8) is 0 Å². The zero-order chi connectivity index (χ0) is 17.5. The Labute approximate surface area is 147 Å². The summed E-state index contributed by atoms with van der Waals surface area (Å²) in [6.45, 7) is -0.402. The Hall–Kier alpha value is -2.54. The Morgan fingerprint density at radius 2 is 1.88 bits per heavy atom. The van der Waals surface area contributed by atoms with Crippen LogP contribution in [0.3, 0.4) is 0 Å². The molecule has 0 saturated carbocycles. The van der Waals surface area contributed by atoms with E-state index in [4.69, 9.17) is 14.2 Å². The highest BCUT2D eigenvalue weighted by Crippen LogP contribution is 2.28. The topological polar surface area (TPSA) is 73.9 Å². The van der Waals surface area contributed by atoms with Crippen LogP contribution in [-0.4, -0.2) is 32.7 Å². The Kier molecular flexibility index (Phi) is 6.20. The molecule has 0 unspecified atom stereocenters. The van der Waals surface area contributed by atoms with Crippen LogP contribution in [0.2, 0.25) is 0 Å². The average Bonchev–Trinajstić information content (AvgIpc) is 2.60. The van der Waals surface area contributed by atoms with Crippen molar-refractivity contribution in [1.29, 1.82) is 0 Å². The number of amides is 1. The summed E-state index contributed by atoms with van der Waals surface area (Å²) < 4.78 is 16.0. The highest BCUT2D eigenvalue weighted by atomic mass is 79.9. The third kappa shape index (κ3) is 4.73. The lowest BCUT2D eigenvalue weighted by atomic mass is 10.2. The van der Waals surface area contributed by atoms with E-state index in [1.54, 1.807) is 42.5 Å². The lowest BCUT2D eigenvalue weighted by Gasteiger charge is -2.11. The molecule has 0 atom stereocenters. The van der Waals surface area contributed by atoms with Crippen LogP contribution in [0.4, 0.5) is 5.69 Å². The smallest absolute Gasteiger partial charge is 0.338 e. The van der Waals surface area contributed by atoms with Crippen LogP contribution in [0.15, 0.2) is 46.9 Å². The first kappa shape index (κ1) is 17.8. The van der Waals surface area contributed by atoms with Crippen molar-refractivity contribution in [2.45, 2.75) is 0 Å². The molecule has 1 N–H and O–H groups in total. The molecule has 2 aromatic rings. The number of ether oxygens (including phenoxy) is 3. The predicted octanol–water partition coefficient (Wildman–Crippen LogP) is 3.26. The zero-order valence-electron chi connectivity index (χ0n) is 13.2. The van der Waals surface area contributed by atoms with Gasteiger partial charge >= 0.3 is 5.97 Å². The van der Waals surface area contributed by atoms with Gasteiger partial charge in [0.25, 0.3) is 5.91 Å². The summed E-state index contributed by atoms with van der Waals surface area (Å²) in [4.78, 5) is 23.8. The van der Waals surface area contributed by atoms with Crippen molar-refractivity contribution < 1.29 is 23.8 Å². The molecule has 0 heterocycles. The van der Waals surface area contributed by atoms with Crippen LogP contribution in [0.1, 0.15) is 10.4 Å². The van der Waals surface area contributed by atoms with Gasteiger partial charge in [0, 0.05) is 10.5 Å². The van der Waals surface area contributed by atoms with Crippen molar-refractivity contribution in [3.05, 3.63) is 52.5 Å². The molecule has 0 saturated heterocycles. The van der Waals surface area contributed by atoms with E-state index >= 15 is 0 Å². The molecule has 0 radical (unpaired) electrons. The van der Waals surface area contributed by atoms with Crippen molar-refractivity contribution in [2.24, 2.45) is 0 Å². The molecule has 0 fully saturated rings. The SMILES string of the molecule is COc1ccc(NC(=O)COC(=O)c2cccc(Br)c2)c(OC)c1. The summed E-state index contributed by atoms with van der Waals surface area (Å²) >= 11 is 3.27. The lowest BCUT2D eigenvalue weighted by Crippen LogP contribution is -2.21. The third-order valence-corrected chi connectivity index (χ3v) is 3.57. The first-order valence-corrected chi connectivity index (χ1v) is 7.77. The normalized spacial score (nSPS) is 9.96. The van der Waals surface area contributed by atoms with Crippen LogP contribution in [-0.2, 0) is 9.53 Å². The molecule has 2 rings (SSSR count). The maximum atomic E-state index is 12.0. The van der Waals surface area contributed by atoms with E-state index in [0.29, 0.717) is 22.7 Å². The van der Waals surface area contributed by atoms with Gasteiger partial charge in [-0.15, -0.1) is 0 Å². The molecule has 0 aromatic heterocycles. The van der Waals surface area contributed by atoms with Crippen LogP contribution in [0.25, 0.3) is 0 Å². The van der Waals surface area contributed by atoms with Gasteiger partial charge in [-0.2, -0.15) is 0 Å². The highest BCUT2D eigenvalue weighted by Gasteiger charge is 2.13. The molecular weight excluding hydrogens is 378 g/mol. The molecule has 0 aliphatic heterocycles. The van der Waals surface area contributed by atoms with Crippen molar-refractivity contribution in [2.75, 3.05) is 26.1 Å². The third-order valence-electron chi connectivity index (χ3n) is 3.08. The summed E-state index contributed by atoms with van der Waals surface area (Å²) in [5.41, 5.74) is 0.820. The number of benzene rings is 2. The van der Waals surface area contributed by atoms with Crippen molar-refractivity contribution in [3.8, 4) is 11.5 Å². The van der Waals surface area contributed by atoms with E-state index < -0.39 is 18.5 Å². The predicted molar refractivity (Wildman–Crippen MR) is 92.6 cm³/mol. The summed E-state index contributed by atoms with van der Waals surface area (Å²) in [7, 11) is 3.02. The maximum Gasteiger partial charge on any atom is 0.338 e. The number of hydrogen-bond donors (Lipinski definition) is 1. The number of esters is 1. The van der Waals surface area contributed by atoms with Gasteiger partial charge < -0.3 is 19.5 Å². The van der Waals surface area contributed by atoms with Crippen LogP contribution in [0, 0.1) is 0 Å². The van der Waals surface area contributed by atoms with Crippen molar-refractivity contribution >= 4 is 33.5 Å². The summed E-state index contributed by atoms with van der Waals surface area (Å²) in [6.07, 6.45) is 0. The average molecular weight is 394 g/mol. The second-order valence-corrected chi connectivity index (χ2v) is 5.62. The van der Waals surface area contributed by atoms with E-state index in [0.717, 1.165) is 4.47 Å². The maximum absolute atomic E-state index is 12.0. The fraction of sp³-hybridized carbons (Fsp3) is 0.176. The minimum absolute atomic E-state index is 0.360. The minimum Gasteiger partial charge on any atom is -0.497 e. The monoisotopic (exact) mass is 393 g/mol. The molecular formula is C17H16BrNO5. The highest BCUT2D eigenvalue weighted by molar-refractivity contribution is 9.10. The Morgan fingerprint density at radius 3 is 2.54 bits per heavy atom. The Bertz CT molecular complexity index is 748. The van der Waals surface area contributed by atoms with Gasteiger partial charge in [-0.05, 0) is 30.3 Å². The summed E-state index contributed by atoms with van der Waals surface area (Å²) in [5, 5.41) is 2.62. The van der Waals surface area contributed by atoms with E-state index in [2.05, 4.69) is 21.2 Å². The summed E-state index contributed by atoms with van der Waals surface area (Å²) in [5.74, 6) is 0.00177. The molecule has 2 aromatic carbocycles. The van der Waals surface area contributed by atoms with Gasteiger partial charge in [0.05, 0.1) is 25.5 Å². The van der Waals surface area contributed by atoms with Crippen molar-refractivity contribution in [1.82, 2.24) is 0 Å². The number of anilines is 1. The van der Waals surface area contributed by atoms with Gasteiger partial charge in [0.2, 0.25) is 0 Å². The molecule has 7 heteroatoms. The van der Waals surface area contributed by atoms with Gasteiger partial charge in [-0.3, -0.25) is 4.79 Å². The van der Waals surface area contributed by atoms with Crippen LogP contribution in [0.5, 0.6) is 11.5 Å². The first-order chi connectivity index (χ1) is 11.5. The number of carbonyl (C=O) groups excluding carboxylic acids is 2. The molecule has 24 heavy (non-hydrogen) atoms. The van der Waals surface area contributed by atoms with E-state index in [1.165, 1.54) is 14.2 Å². The number of carbonyl (C=O) groups is 2. The second kappa shape index (κ2) is 8.35. The minimum atomic E-state index is -0.576. The molecule has 1 amide bonds. The molecule has 6 nitrogen and oxygen atoms in total. The van der Waals surface area contributed by atoms with Gasteiger partial charge in [0.15, 0.2) is 6.61 Å². The van der Waals surface area contributed by atoms with E-state index in [9.17, 15) is 9.59 Å². The molecule has 0 bridgehead atoms. The van der Waals surface area contributed by atoms with E-state index in [1.807, 2.05) is 0 Å². The largest absolute Gasteiger partial charge is 0.497 e. The number of methoxy groups -OCH3 is 2. The number of rotatable bonds is 6. The quantitative estimate of drug-likeness (QED) is 0.762.